The maximum atomic E-state index is 12.7. The summed E-state index contributed by atoms with van der Waals surface area (Å²) < 4.78 is 12.0. The largest absolute Gasteiger partial charge is 0.482 e. The summed E-state index contributed by atoms with van der Waals surface area (Å²) in [5, 5.41) is 21.1. The first-order valence-electron chi connectivity index (χ1n) is 14.5. The minimum absolute atomic E-state index is 0.00373. The highest BCUT2D eigenvalue weighted by Gasteiger charge is 2.44. The molecule has 3 aliphatic heterocycles. The number of piperidine rings is 3. The van der Waals surface area contributed by atoms with Gasteiger partial charge in [-0.15, -0.1) is 0 Å². The molecule has 5 aliphatic rings. The van der Waals surface area contributed by atoms with Gasteiger partial charge in [0, 0.05) is 12.1 Å². The highest BCUT2D eigenvalue weighted by Crippen LogP contribution is 2.52. The van der Waals surface area contributed by atoms with Gasteiger partial charge in [-0.25, -0.2) is 4.79 Å². The van der Waals surface area contributed by atoms with Crippen molar-refractivity contribution < 1.29 is 24.5 Å². The zero-order chi connectivity index (χ0) is 25.1. The van der Waals surface area contributed by atoms with E-state index in [0.717, 1.165) is 96.0 Å². The number of rotatable bonds is 11. The maximum absolute atomic E-state index is 12.7. The number of hydrogen-bond acceptors (Lipinski definition) is 6. The van der Waals surface area contributed by atoms with Gasteiger partial charge < -0.3 is 19.7 Å². The van der Waals surface area contributed by atoms with E-state index in [4.69, 9.17) is 9.47 Å². The fourth-order valence-electron chi connectivity index (χ4n) is 7.55. The zero-order valence-corrected chi connectivity index (χ0v) is 21.9. The highest BCUT2D eigenvalue weighted by molar-refractivity contribution is 5.71. The molecule has 3 heterocycles. The number of hydrogen-bond donors (Lipinski definition) is 2. The number of aliphatic hydroxyl groups excluding tert-OH is 2. The molecule has 6 heteroatoms. The molecule has 6 rings (SSSR count). The van der Waals surface area contributed by atoms with Crippen LogP contribution in [0.2, 0.25) is 0 Å². The quantitative estimate of drug-likeness (QED) is 0.346. The van der Waals surface area contributed by atoms with Crippen LogP contribution in [-0.4, -0.2) is 65.6 Å². The predicted octanol–water partition coefficient (Wildman–Crippen LogP) is 4.45. The zero-order valence-electron chi connectivity index (χ0n) is 21.9. The number of unbranched alkanes of at least 4 members (excludes halogenated alkanes) is 2. The number of carbonyl (C=O) groups is 1. The normalized spacial score (nSPS) is 33.6. The summed E-state index contributed by atoms with van der Waals surface area (Å²) >= 11 is 0. The molecule has 0 radical (unpaired) electrons. The average Bonchev–Trinajstić information content (AvgIpc) is 3.26. The standard InChI is InChI=1S/C30H45NO5/c1-2-3-4-7-23(32)9-10-25-26-17-24(33)16-22(26)15-21-6-5-8-27(30(21)25)35-19-29(34)36-28-18-31-13-11-20(28)12-14-31/h5-6,8,20,22-26,28,32-33H,2-4,7,9-19H2,1H3. The van der Waals surface area contributed by atoms with Gasteiger partial charge in [0.05, 0.1) is 12.2 Å². The van der Waals surface area contributed by atoms with Gasteiger partial charge in [0.2, 0.25) is 0 Å². The van der Waals surface area contributed by atoms with E-state index in [1.807, 2.05) is 12.1 Å². The van der Waals surface area contributed by atoms with Crippen molar-refractivity contribution in [3.63, 3.8) is 0 Å². The minimum Gasteiger partial charge on any atom is -0.482 e. The fraction of sp³-hybridized carbons (Fsp3) is 0.767. The lowest BCUT2D eigenvalue weighted by Gasteiger charge is -2.43. The van der Waals surface area contributed by atoms with E-state index >= 15 is 0 Å². The van der Waals surface area contributed by atoms with Crippen molar-refractivity contribution in [2.24, 2.45) is 17.8 Å². The van der Waals surface area contributed by atoms with E-state index in [1.165, 1.54) is 11.1 Å². The number of aliphatic hydroxyl groups is 2. The van der Waals surface area contributed by atoms with Crippen LogP contribution in [0, 0.1) is 17.8 Å². The summed E-state index contributed by atoms with van der Waals surface area (Å²) in [4.78, 5) is 15.1. The minimum atomic E-state index is -0.281. The van der Waals surface area contributed by atoms with Crippen LogP contribution in [0.1, 0.15) is 88.2 Å². The van der Waals surface area contributed by atoms with Crippen molar-refractivity contribution in [3.05, 3.63) is 29.3 Å². The molecule has 6 unspecified atom stereocenters. The van der Waals surface area contributed by atoms with Crippen molar-refractivity contribution in [2.45, 2.75) is 102 Å². The van der Waals surface area contributed by atoms with Crippen LogP contribution in [0.25, 0.3) is 0 Å². The lowest BCUT2D eigenvalue weighted by atomic mass is 9.68. The maximum Gasteiger partial charge on any atom is 0.344 e. The molecule has 2 aliphatic carbocycles. The smallest absolute Gasteiger partial charge is 0.344 e. The third-order valence-corrected chi connectivity index (χ3v) is 9.43. The Balaban J connectivity index is 1.25. The summed E-state index contributed by atoms with van der Waals surface area (Å²) in [6.07, 6.45) is 10.2. The lowest BCUT2D eigenvalue weighted by Crippen LogP contribution is -2.52. The van der Waals surface area contributed by atoms with E-state index in [-0.39, 0.29) is 36.8 Å². The first-order valence-corrected chi connectivity index (χ1v) is 14.5. The van der Waals surface area contributed by atoms with Gasteiger partial charge in [-0.05, 0) is 99.8 Å². The van der Waals surface area contributed by atoms with Gasteiger partial charge in [0.15, 0.2) is 6.61 Å². The Morgan fingerprint density at radius 2 is 1.97 bits per heavy atom. The van der Waals surface area contributed by atoms with Gasteiger partial charge in [-0.1, -0.05) is 38.3 Å². The number of benzene rings is 1. The van der Waals surface area contributed by atoms with Gasteiger partial charge in [0.25, 0.3) is 0 Å². The second kappa shape index (κ2) is 11.8. The first kappa shape index (κ1) is 26.0. The predicted molar refractivity (Wildman–Crippen MR) is 139 cm³/mol. The number of esters is 1. The summed E-state index contributed by atoms with van der Waals surface area (Å²) in [7, 11) is 0. The van der Waals surface area contributed by atoms with Crippen LogP contribution in [-0.2, 0) is 16.0 Å². The van der Waals surface area contributed by atoms with Crippen molar-refractivity contribution in [3.8, 4) is 5.75 Å². The molecule has 6 nitrogen and oxygen atoms in total. The summed E-state index contributed by atoms with van der Waals surface area (Å²) in [5.41, 5.74) is 2.48. The Morgan fingerprint density at radius 1 is 1.14 bits per heavy atom. The first-order chi connectivity index (χ1) is 17.5. The molecule has 1 saturated carbocycles. The third kappa shape index (κ3) is 5.92. The van der Waals surface area contributed by atoms with Crippen LogP contribution in [0.15, 0.2) is 18.2 Å². The van der Waals surface area contributed by atoms with Crippen molar-refractivity contribution in [1.82, 2.24) is 4.90 Å². The van der Waals surface area contributed by atoms with Crippen LogP contribution in [0.5, 0.6) is 5.75 Å². The van der Waals surface area contributed by atoms with Crippen molar-refractivity contribution in [1.29, 1.82) is 0 Å². The van der Waals surface area contributed by atoms with Crippen molar-refractivity contribution in [2.75, 3.05) is 26.2 Å². The third-order valence-electron chi connectivity index (χ3n) is 9.43. The molecule has 2 bridgehead atoms. The molecule has 4 fully saturated rings. The van der Waals surface area contributed by atoms with E-state index in [0.29, 0.717) is 17.8 Å². The van der Waals surface area contributed by atoms with E-state index < -0.39 is 0 Å². The van der Waals surface area contributed by atoms with Crippen LogP contribution < -0.4 is 4.74 Å². The molecule has 0 spiro atoms. The van der Waals surface area contributed by atoms with E-state index in [9.17, 15) is 15.0 Å². The average molecular weight is 500 g/mol. The van der Waals surface area contributed by atoms with E-state index in [2.05, 4.69) is 17.9 Å². The fourth-order valence-corrected chi connectivity index (χ4v) is 7.55. The van der Waals surface area contributed by atoms with Crippen LogP contribution >= 0.6 is 0 Å². The SMILES string of the molecule is CCCCCC(O)CCC1c2c(cccc2OCC(=O)OC2CN3CCC2CC3)CC2CC(O)CC21. The number of ether oxygens (including phenoxy) is 2. The molecule has 2 N–H and O–H groups in total. The van der Waals surface area contributed by atoms with Crippen molar-refractivity contribution >= 4 is 5.97 Å². The monoisotopic (exact) mass is 499 g/mol. The van der Waals surface area contributed by atoms with Crippen LogP contribution in [0.3, 0.4) is 0 Å². The highest BCUT2D eigenvalue weighted by atomic mass is 16.6. The molecular weight excluding hydrogens is 454 g/mol. The van der Waals surface area contributed by atoms with Gasteiger partial charge in [-0.2, -0.15) is 0 Å². The molecule has 1 aromatic carbocycles. The molecular formula is C30H45NO5. The molecule has 200 valence electrons. The second-order valence-electron chi connectivity index (χ2n) is 11.9. The summed E-state index contributed by atoms with van der Waals surface area (Å²) in [6, 6.07) is 6.19. The molecule has 6 atom stereocenters. The van der Waals surface area contributed by atoms with Gasteiger partial charge >= 0.3 is 5.97 Å². The Labute approximate surface area is 216 Å². The molecule has 0 amide bonds. The van der Waals surface area contributed by atoms with Gasteiger partial charge in [-0.3, -0.25) is 4.90 Å². The second-order valence-corrected chi connectivity index (χ2v) is 11.9. The summed E-state index contributed by atoms with van der Waals surface area (Å²) in [6.45, 7) is 5.22. The molecule has 36 heavy (non-hydrogen) atoms. The molecule has 1 aromatic rings. The topological polar surface area (TPSA) is 79.2 Å². The van der Waals surface area contributed by atoms with Gasteiger partial charge in [0.1, 0.15) is 11.9 Å². The Bertz CT molecular complexity index is 882. The molecule has 0 aromatic heterocycles. The number of nitrogens with zero attached hydrogens (tertiary/aromatic N) is 1. The number of carbonyl (C=O) groups excluding carboxylic acids is 1. The van der Waals surface area contributed by atoms with E-state index in [1.54, 1.807) is 0 Å². The Kier molecular flexibility index (Phi) is 8.54. The number of fused-ring (bicyclic) bond motifs is 5. The Hall–Kier alpha value is -1.63. The Morgan fingerprint density at radius 3 is 2.72 bits per heavy atom. The van der Waals surface area contributed by atoms with Crippen LogP contribution in [0.4, 0.5) is 0 Å². The molecule has 3 saturated heterocycles. The summed E-state index contributed by atoms with van der Waals surface area (Å²) in [5.74, 6) is 2.11. The lowest BCUT2D eigenvalue weighted by molar-refractivity contribution is -0.161.